The number of benzene rings is 1. The van der Waals surface area contributed by atoms with Crippen molar-refractivity contribution in [3.63, 3.8) is 0 Å². The quantitative estimate of drug-likeness (QED) is 0.713. The third-order valence-corrected chi connectivity index (χ3v) is 3.75. The van der Waals surface area contributed by atoms with Crippen LogP contribution in [0.4, 0.5) is 0 Å². The molecule has 0 amide bonds. The number of thioether (sulfide) groups is 1. The molecule has 0 unspecified atom stereocenters. The van der Waals surface area contributed by atoms with Gasteiger partial charge in [0.2, 0.25) is 0 Å². The molecule has 0 heterocycles. The molecule has 0 spiro atoms. The molecule has 0 aromatic heterocycles. The predicted octanol–water partition coefficient (Wildman–Crippen LogP) is 1.93. The Labute approximate surface area is 122 Å². The van der Waals surface area contributed by atoms with E-state index in [0.717, 1.165) is 5.56 Å². The third-order valence-electron chi connectivity index (χ3n) is 2.64. The molecular weight excluding hydrogens is 278 g/mol. The third kappa shape index (κ3) is 4.86. The first-order valence-electron chi connectivity index (χ1n) is 6.28. The smallest absolute Gasteiger partial charge is 0.321 e. The number of ether oxygens (including phenoxy) is 1. The van der Waals surface area contributed by atoms with Crippen molar-refractivity contribution in [3.8, 4) is 5.75 Å². The number of ketones is 1. The van der Waals surface area contributed by atoms with Gasteiger partial charge >= 0.3 is 5.97 Å². The molecular formula is C14H19NO4S. The fourth-order valence-corrected chi connectivity index (χ4v) is 2.53. The van der Waals surface area contributed by atoms with E-state index in [4.69, 9.17) is 15.6 Å². The summed E-state index contributed by atoms with van der Waals surface area (Å²) in [6.07, 6.45) is 0. The van der Waals surface area contributed by atoms with Crippen LogP contribution in [0.3, 0.4) is 0 Å². The number of hydrogen-bond donors (Lipinski definition) is 2. The lowest BCUT2D eigenvalue weighted by molar-refractivity contribution is -0.137. The first kappa shape index (κ1) is 16.5. The number of aliphatic carboxylic acids is 1. The Morgan fingerprint density at radius 1 is 1.45 bits per heavy atom. The van der Waals surface area contributed by atoms with Crippen molar-refractivity contribution in [1.82, 2.24) is 0 Å². The summed E-state index contributed by atoms with van der Waals surface area (Å²) < 4.78 is 5.50. The predicted molar refractivity (Wildman–Crippen MR) is 79.4 cm³/mol. The molecule has 0 aliphatic rings. The van der Waals surface area contributed by atoms with Gasteiger partial charge in [0.05, 0.1) is 6.61 Å². The van der Waals surface area contributed by atoms with E-state index in [1.54, 1.807) is 18.2 Å². The van der Waals surface area contributed by atoms with Crippen molar-refractivity contribution in [2.75, 3.05) is 12.4 Å². The van der Waals surface area contributed by atoms with E-state index >= 15 is 0 Å². The van der Waals surface area contributed by atoms with Crippen molar-refractivity contribution >= 4 is 23.5 Å². The molecule has 20 heavy (non-hydrogen) atoms. The number of carboxylic acids is 1. The zero-order valence-corrected chi connectivity index (χ0v) is 12.4. The lowest BCUT2D eigenvalue weighted by Crippen LogP contribution is -2.32. The Kier molecular flexibility index (Phi) is 6.54. The highest BCUT2D eigenvalue weighted by Gasteiger charge is 2.13. The first-order chi connectivity index (χ1) is 9.45. The second-order valence-corrected chi connectivity index (χ2v) is 5.30. The molecule has 0 fully saturated rings. The minimum atomic E-state index is -1.01. The summed E-state index contributed by atoms with van der Waals surface area (Å²) in [6, 6.07) is 4.40. The van der Waals surface area contributed by atoms with Gasteiger partial charge in [0.25, 0.3) is 0 Å². The maximum atomic E-state index is 11.4. The second-order valence-electron chi connectivity index (χ2n) is 4.27. The average Bonchev–Trinajstić information content (AvgIpc) is 2.40. The number of carbonyl (C=O) groups is 2. The van der Waals surface area contributed by atoms with Crippen molar-refractivity contribution in [2.24, 2.45) is 5.73 Å². The molecule has 5 nitrogen and oxygen atoms in total. The lowest BCUT2D eigenvalue weighted by atomic mass is 10.1. The summed E-state index contributed by atoms with van der Waals surface area (Å²) in [5, 5.41) is 8.73. The Morgan fingerprint density at radius 2 is 2.15 bits per heavy atom. The number of Topliss-reactive ketones (excluding diaryl/α,β-unsaturated/α-hetero) is 1. The van der Waals surface area contributed by atoms with Crippen LogP contribution in [0.2, 0.25) is 0 Å². The van der Waals surface area contributed by atoms with Gasteiger partial charge in [-0.3, -0.25) is 9.59 Å². The van der Waals surface area contributed by atoms with E-state index in [9.17, 15) is 9.59 Å². The molecule has 1 aromatic rings. The normalized spacial score (nSPS) is 11.9. The molecule has 110 valence electrons. The maximum absolute atomic E-state index is 11.4. The van der Waals surface area contributed by atoms with Gasteiger partial charge in [0.15, 0.2) is 5.78 Å². The van der Waals surface area contributed by atoms with E-state index in [1.165, 1.54) is 18.7 Å². The standard InChI is InChI=1S/C14H19NO4S/c1-3-19-13-5-4-10(9(2)16)6-11(13)7-20-8-12(15)14(17)18/h4-6,12H,3,7-8,15H2,1-2H3,(H,17,18)/t12-/m0/s1. The van der Waals surface area contributed by atoms with Gasteiger partial charge in [-0.15, -0.1) is 0 Å². The van der Waals surface area contributed by atoms with Crippen LogP contribution in [-0.4, -0.2) is 35.3 Å². The van der Waals surface area contributed by atoms with Gasteiger partial charge in [-0.2, -0.15) is 11.8 Å². The summed E-state index contributed by atoms with van der Waals surface area (Å²) in [6.45, 7) is 3.93. The Morgan fingerprint density at radius 3 is 2.70 bits per heavy atom. The molecule has 0 aliphatic heterocycles. The highest BCUT2D eigenvalue weighted by atomic mass is 32.2. The fraction of sp³-hybridized carbons (Fsp3) is 0.429. The van der Waals surface area contributed by atoms with Crippen LogP contribution < -0.4 is 10.5 Å². The molecule has 1 atom stereocenters. The molecule has 3 N–H and O–H groups in total. The van der Waals surface area contributed by atoms with Crippen LogP contribution in [0.25, 0.3) is 0 Å². The number of hydrogen-bond acceptors (Lipinski definition) is 5. The van der Waals surface area contributed by atoms with E-state index in [2.05, 4.69) is 0 Å². The molecule has 0 saturated heterocycles. The van der Waals surface area contributed by atoms with Crippen molar-refractivity contribution in [1.29, 1.82) is 0 Å². The van der Waals surface area contributed by atoms with Crippen molar-refractivity contribution < 1.29 is 19.4 Å². The van der Waals surface area contributed by atoms with Gasteiger partial charge in [-0.05, 0) is 32.0 Å². The Balaban J connectivity index is 2.76. The zero-order chi connectivity index (χ0) is 15.1. The highest BCUT2D eigenvalue weighted by Crippen LogP contribution is 2.25. The largest absolute Gasteiger partial charge is 0.494 e. The van der Waals surface area contributed by atoms with E-state index in [0.29, 0.717) is 29.4 Å². The van der Waals surface area contributed by atoms with Gasteiger partial charge in [-0.25, -0.2) is 0 Å². The van der Waals surface area contributed by atoms with Gasteiger partial charge in [0, 0.05) is 22.6 Å². The Bertz CT molecular complexity index is 490. The van der Waals surface area contributed by atoms with E-state index in [1.807, 2.05) is 6.92 Å². The molecule has 6 heteroatoms. The van der Waals surface area contributed by atoms with Crippen LogP contribution >= 0.6 is 11.8 Å². The SMILES string of the molecule is CCOc1ccc(C(C)=O)cc1CSC[C@H](N)C(=O)O. The van der Waals surface area contributed by atoms with Crippen LogP contribution in [0.1, 0.15) is 29.8 Å². The molecule has 0 saturated carbocycles. The van der Waals surface area contributed by atoms with E-state index in [-0.39, 0.29) is 5.78 Å². The van der Waals surface area contributed by atoms with Crippen molar-refractivity contribution in [2.45, 2.75) is 25.6 Å². The summed E-state index contributed by atoms with van der Waals surface area (Å²) in [5.41, 5.74) is 6.94. The van der Waals surface area contributed by atoms with Crippen molar-refractivity contribution in [3.05, 3.63) is 29.3 Å². The van der Waals surface area contributed by atoms with Gasteiger partial charge in [0.1, 0.15) is 11.8 Å². The number of carboxylic acid groups (broad SMARTS) is 1. The monoisotopic (exact) mass is 297 g/mol. The maximum Gasteiger partial charge on any atom is 0.321 e. The molecule has 1 aromatic carbocycles. The second kappa shape index (κ2) is 7.91. The number of nitrogens with two attached hydrogens (primary N) is 1. The summed E-state index contributed by atoms with van der Waals surface area (Å²) in [5.74, 6) is 0.554. The molecule has 0 aliphatic carbocycles. The van der Waals surface area contributed by atoms with E-state index < -0.39 is 12.0 Å². The highest BCUT2D eigenvalue weighted by molar-refractivity contribution is 7.98. The fourth-order valence-electron chi connectivity index (χ4n) is 1.57. The Hall–Kier alpha value is -1.53. The summed E-state index contributed by atoms with van der Waals surface area (Å²) in [4.78, 5) is 22.0. The number of carbonyl (C=O) groups excluding carboxylic acids is 1. The number of rotatable bonds is 8. The topological polar surface area (TPSA) is 89.6 Å². The minimum Gasteiger partial charge on any atom is -0.494 e. The summed E-state index contributed by atoms with van der Waals surface area (Å²) >= 11 is 1.41. The average molecular weight is 297 g/mol. The first-order valence-corrected chi connectivity index (χ1v) is 7.44. The van der Waals surface area contributed by atoms with Crippen LogP contribution in [0.15, 0.2) is 18.2 Å². The minimum absolute atomic E-state index is 0.0125. The molecule has 0 bridgehead atoms. The van der Waals surface area contributed by atoms with Crippen LogP contribution in [0, 0.1) is 0 Å². The van der Waals surface area contributed by atoms with Gasteiger partial charge < -0.3 is 15.6 Å². The summed E-state index contributed by atoms with van der Waals surface area (Å²) in [7, 11) is 0. The van der Waals surface area contributed by atoms with Gasteiger partial charge in [-0.1, -0.05) is 0 Å². The zero-order valence-electron chi connectivity index (χ0n) is 11.6. The molecule has 0 radical (unpaired) electrons. The molecule has 1 rings (SSSR count). The lowest BCUT2D eigenvalue weighted by Gasteiger charge is -2.12. The van der Waals surface area contributed by atoms with Crippen LogP contribution in [0.5, 0.6) is 5.75 Å². The van der Waals surface area contributed by atoms with Crippen LogP contribution in [-0.2, 0) is 10.5 Å².